The van der Waals surface area contributed by atoms with Crippen LogP contribution in [0, 0.1) is 5.82 Å². The van der Waals surface area contributed by atoms with Crippen LogP contribution in [-0.2, 0) is 7.05 Å². The highest BCUT2D eigenvalue weighted by atomic mass is 19.1. The summed E-state index contributed by atoms with van der Waals surface area (Å²) in [5.41, 5.74) is -0.233. The number of carboxylic acids is 1. The Hall–Kier alpha value is -2.04. The van der Waals surface area contributed by atoms with Gasteiger partial charge in [0.25, 0.3) is 0 Å². The number of aryl methyl sites for hydroxylation is 1. The van der Waals surface area contributed by atoms with Crippen LogP contribution in [0.25, 0.3) is 10.9 Å². The molecule has 0 spiro atoms. The number of carboxylic acid groups (broad SMARTS) is 1. The smallest absolute Gasteiger partial charge is 0.342 e. The molecule has 0 saturated heterocycles. The number of fused-ring (bicyclic) bond motifs is 1. The van der Waals surface area contributed by atoms with E-state index >= 15 is 0 Å². The largest absolute Gasteiger partial charge is 0.506 e. The first-order chi connectivity index (χ1) is 7.02. The molecule has 0 fully saturated rings. The topological polar surface area (TPSA) is 62.5 Å². The van der Waals surface area contributed by atoms with Gasteiger partial charge in [0.05, 0.1) is 5.52 Å². The molecule has 0 unspecified atom stereocenters. The Morgan fingerprint density at radius 1 is 1.53 bits per heavy atom. The first-order valence-electron chi connectivity index (χ1n) is 4.22. The van der Waals surface area contributed by atoms with Gasteiger partial charge in [-0.25, -0.2) is 9.18 Å². The van der Waals surface area contributed by atoms with Gasteiger partial charge in [0.15, 0.2) is 0 Å². The molecule has 0 saturated carbocycles. The highest BCUT2D eigenvalue weighted by molar-refractivity contribution is 5.99. The van der Waals surface area contributed by atoms with Gasteiger partial charge in [0.2, 0.25) is 0 Å². The van der Waals surface area contributed by atoms with Crippen LogP contribution in [0.3, 0.4) is 0 Å². The molecule has 0 bridgehead atoms. The van der Waals surface area contributed by atoms with Crippen molar-refractivity contribution in [3.8, 4) is 5.75 Å². The van der Waals surface area contributed by atoms with E-state index in [9.17, 15) is 14.3 Å². The summed E-state index contributed by atoms with van der Waals surface area (Å²) in [6.07, 6.45) is 1.62. The number of halogens is 1. The Morgan fingerprint density at radius 2 is 2.20 bits per heavy atom. The van der Waals surface area contributed by atoms with Crippen molar-refractivity contribution in [2.45, 2.75) is 0 Å². The summed E-state index contributed by atoms with van der Waals surface area (Å²) >= 11 is 0. The zero-order valence-electron chi connectivity index (χ0n) is 7.86. The Bertz CT molecular complexity index is 559. The third-order valence-corrected chi connectivity index (χ3v) is 2.33. The molecular weight excluding hydrogens is 201 g/mol. The fraction of sp³-hybridized carbons (Fsp3) is 0.100. The van der Waals surface area contributed by atoms with Crippen LogP contribution in [0.4, 0.5) is 4.39 Å². The second-order valence-corrected chi connectivity index (χ2v) is 3.25. The molecule has 15 heavy (non-hydrogen) atoms. The van der Waals surface area contributed by atoms with Gasteiger partial charge < -0.3 is 14.8 Å². The summed E-state index contributed by atoms with van der Waals surface area (Å²) in [5, 5.41) is 18.6. The highest BCUT2D eigenvalue weighted by Gasteiger charge is 2.19. The van der Waals surface area contributed by atoms with Crippen LogP contribution in [-0.4, -0.2) is 20.7 Å². The van der Waals surface area contributed by atoms with E-state index in [0.717, 1.165) is 6.07 Å². The Labute approximate surface area is 84.2 Å². The predicted molar refractivity (Wildman–Crippen MR) is 51.5 cm³/mol. The second kappa shape index (κ2) is 2.98. The molecule has 0 amide bonds. The molecule has 1 aromatic heterocycles. The van der Waals surface area contributed by atoms with Crippen LogP contribution in [0.5, 0.6) is 5.75 Å². The average molecular weight is 209 g/mol. The van der Waals surface area contributed by atoms with Gasteiger partial charge in [-0.1, -0.05) is 0 Å². The van der Waals surface area contributed by atoms with Crippen molar-refractivity contribution >= 4 is 16.9 Å². The van der Waals surface area contributed by atoms with Crippen molar-refractivity contribution in [2.24, 2.45) is 7.05 Å². The van der Waals surface area contributed by atoms with Crippen LogP contribution >= 0.6 is 0 Å². The maximum Gasteiger partial charge on any atom is 0.342 e. The summed E-state index contributed by atoms with van der Waals surface area (Å²) in [4.78, 5) is 10.7. The summed E-state index contributed by atoms with van der Waals surface area (Å²) in [7, 11) is 1.68. The molecule has 2 rings (SSSR count). The molecule has 0 radical (unpaired) electrons. The Morgan fingerprint density at radius 3 is 2.80 bits per heavy atom. The van der Waals surface area contributed by atoms with Crippen molar-refractivity contribution in [2.75, 3.05) is 0 Å². The Balaban J connectivity index is 2.91. The molecule has 1 heterocycles. The molecule has 2 N–H and O–H groups in total. The zero-order chi connectivity index (χ0) is 11.2. The average Bonchev–Trinajstić information content (AvgIpc) is 2.47. The Kier molecular flexibility index (Phi) is 1.89. The minimum Gasteiger partial charge on any atom is -0.506 e. The van der Waals surface area contributed by atoms with Crippen molar-refractivity contribution in [1.29, 1.82) is 0 Å². The fourth-order valence-corrected chi connectivity index (χ4v) is 1.57. The predicted octanol–water partition coefficient (Wildman–Crippen LogP) is 1.72. The first-order valence-corrected chi connectivity index (χ1v) is 4.22. The maximum absolute atomic E-state index is 13.3. The lowest BCUT2D eigenvalue weighted by molar-refractivity contribution is 0.0689. The molecular formula is C10H8FNO3. The van der Waals surface area contributed by atoms with E-state index < -0.39 is 23.1 Å². The number of benzene rings is 1. The molecule has 1 aromatic carbocycles. The first kappa shape index (κ1) is 9.51. The summed E-state index contributed by atoms with van der Waals surface area (Å²) in [6.45, 7) is 0. The molecule has 2 aromatic rings. The fourth-order valence-electron chi connectivity index (χ4n) is 1.57. The lowest BCUT2D eigenvalue weighted by Gasteiger charge is -2.04. The molecule has 4 nitrogen and oxygen atoms in total. The lowest BCUT2D eigenvalue weighted by Crippen LogP contribution is -2.01. The zero-order valence-corrected chi connectivity index (χ0v) is 7.86. The quantitative estimate of drug-likeness (QED) is 0.751. The molecule has 0 aliphatic carbocycles. The van der Waals surface area contributed by atoms with Gasteiger partial charge in [-0.3, -0.25) is 0 Å². The van der Waals surface area contributed by atoms with E-state index in [1.165, 1.54) is 6.07 Å². The SMILES string of the molecule is Cn1ccc2c(O)c(C(=O)O)c(F)cc21. The van der Waals surface area contributed by atoms with E-state index in [2.05, 4.69) is 0 Å². The number of nitrogens with zero attached hydrogens (tertiary/aromatic N) is 1. The molecule has 78 valence electrons. The number of phenols is 1. The molecule has 0 aliphatic rings. The summed E-state index contributed by atoms with van der Waals surface area (Å²) < 4.78 is 14.9. The normalized spacial score (nSPS) is 10.8. The van der Waals surface area contributed by atoms with Gasteiger partial charge in [-0.05, 0) is 12.1 Å². The number of aromatic carboxylic acids is 1. The van der Waals surface area contributed by atoms with Crippen molar-refractivity contribution in [3.05, 3.63) is 29.7 Å². The van der Waals surface area contributed by atoms with Crippen LogP contribution in [0.2, 0.25) is 0 Å². The van der Waals surface area contributed by atoms with Gasteiger partial charge in [-0.15, -0.1) is 0 Å². The van der Waals surface area contributed by atoms with Gasteiger partial charge in [-0.2, -0.15) is 0 Å². The van der Waals surface area contributed by atoms with Crippen LogP contribution in [0.1, 0.15) is 10.4 Å². The number of aromatic hydroxyl groups is 1. The summed E-state index contributed by atoms with van der Waals surface area (Å²) in [6, 6.07) is 2.63. The van der Waals surface area contributed by atoms with E-state index in [4.69, 9.17) is 5.11 Å². The van der Waals surface area contributed by atoms with Crippen LogP contribution in [0.15, 0.2) is 18.3 Å². The third kappa shape index (κ3) is 1.24. The van der Waals surface area contributed by atoms with Crippen LogP contribution < -0.4 is 0 Å². The molecule has 0 atom stereocenters. The number of aromatic nitrogens is 1. The molecule has 5 heteroatoms. The standard InChI is InChI=1S/C10H8FNO3/c1-12-3-2-5-7(12)4-6(11)8(9(5)13)10(14)15/h2-4,13H,1H3,(H,14,15). The third-order valence-electron chi connectivity index (χ3n) is 2.33. The van der Waals surface area contributed by atoms with E-state index in [1.807, 2.05) is 0 Å². The lowest BCUT2D eigenvalue weighted by atomic mass is 10.1. The number of rotatable bonds is 1. The van der Waals surface area contributed by atoms with E-state index in [1.54, 1.807) is 17.8 Å². The minimum absolute atomic E-state index is 0.330. The minimum atomic E-state index is -1.48. The summed E-state index contributed by atoms with van der Waals surface area (Å²) in [5.74, 6) is -2.94. The van der Waals surface area contributed by atoms with Crippen molar-refractivity contribution in [1.82, 2.24) is 4.57 Å². The number of hydrogen-bond donors (Lipinski definition) is 2. The van der Waals surface area contributed by atoms with Gasteiger partial charge in [0.1, 0.15) is 17.1 Å². The number of hydrogen-bond acceptors (Lipinski definition) is 2. The molecule has 0 aliphatic heterocycles. The van der Waals surface area contributed by atoms with E-state index in [0.29, 0.717) is 10.9 Å². The van der Waals surface area contributed by atoms with E-state index in [-0.39, 0.29) is 0 Å². The van der Waals surface area contributed by atoms with Crippen molar-refractivity contribution < 1.29 is 19.4 Å². The maximum atomic E-state index is 13.3. The second-order valence-electron chi connectivity index (χ2n) is 3.25. The number of carbonyl (C=O) groups is 1. The van der Waals surface area contributed by atoms with Gasteiger partial charge in [0, 0.05) is 18.6 Å². The van der Waals surface area contributed by atoms with Crippen molar-refractivity contribution in [3.63, 3.8) is 0 Å². The monoisotopic (exact) mass is 209 g/mol. The highest BCUT2D eigenvalue weighted by Crippen LogP contribution is 2.31. The van der Waals surface area contributed by atoms with Gasteiger partial charge >= 0.3 is 5.97 Å².